The number of fused-ring (bicyclic) bond motifs is 7. The van der Waals surface area contributed by atoms with Gasteiger partial charge in [-0.25, -0.2) is 0 Å². The third-order valence-corrected chi connectivity index (χ3v) is 13.6. The van der Waals surface area contributed by atoms with Gasteiger partial charge in [0.05, 0.1) is 0 Å². The van der Waals surface area contributed by atoms with Crippen LogP contribution < -0.4 is 4.90 Å². The zero-order valence-electron chi connectivity index (χ0n) is 33.9. The fourth-order valence-corrected chi connectivity index (χ4v) is 10.7. The minimum absolute atomic E-state index is 1.09. The molecule has 12 aromatic rings. The molecule has 0 saturated heterocycles. The van der Waals surface area contributed by atoms with Gasteiger partial charge in [-0.05, 0) is 131 Å². The Morgan fingerprint density at radius 1 is 0.258 bits per heavy atom. The van der Waals surface area contributed by atoms with Gasteiger partial charge < -0.3 is 4.90 Å². The van der Waals surface area contributed by atoms with Gasteiger partial charge in [-0.3, -0.25) is 0 Å². The maximum atomic E-state index is 2.43. The SMILES string of the molecule is c1ccc(-c2c(-c3ccccc3)c3cc(N(c4ccc(-c5ccc6sc7ccccc7c6c5)cc4)c4cccc(-c5cccc6ccccc56)c4)ccc3c3ccccc23)cc1. The summed E-state index contributed by atoms with van der Waals surface area (Å²) in [7, 11) is 0. The first kappa shape index (κ1) is 36.1. The van der Waals surface area contributed by atoms with E-state index >= 15 is 0 Å². The fraction of sp³-hybridized carbons (Fsp3) is 0. The first-order valence-electron chi connectivity index (χ1n) is 21.2. The number of thiophene rings is 1. The van der Waals surface area contributed by atoms with Gasteiger partial charge in [0.25, 0.3) is 0 Å². The monoisotopic (exact) mass is 805 g/mol. The summed E-state index contributed by atoms with van der Waals surface area (Å²) in [5, 5.41) is 10.1. The molecular weight excluding hydrogens is 767 g/mol. The second kappa shape index (κ2) is 15.0. The van der Waals surface area contributed by atoms with Crippen LogP contribution >= 0.6 is 11.3 Å². The summed E-state index contributed by atoms with van der Waals surface area (Å²) in [6.07, 6.45) is 0. The standard InChI is InChI=1S/C60H39NS/c1-3-16-42(17-4-1)59-54-26-10-9-24-51(54)52-35-34-48(39-56(52)60(59)43-18-5-2-6-19-43)61(47-22-13-21-45(37-47)50-27-14-20-41-15-7-8-23-49(41)50)46-32-29-40(30-33-46)44-31-36-58-55(38-44)53-25-11-12-28-57(53)62-58/h1-39H. The molecule has 0 atom stereocenters. The minimum atomic E-state index is 1.09. The van der Waals surface area contributed by atoms with Crippen molar-refractivity contribution in [2.24, 2.45) is 0 Å². The number of rotatable bonds is 7. The van der Waals surface area contributed by atoms with E-state index in [1.807, 2.05) is 11.3 Å². The summed E-state index contributed by atoms with van der Waals surface area (Å²) in [5.74, 6) is 0. The second-order valence-electron chi connectivity index (χ2n) is 16.0. The molecule has 0 saturated carbocycles. The average Bonchev–Trinajstić information content (AvgIpc) is 3.72. The predicted octanol–water partition coefficient (Wildman–Crippen LogP) is 17.7. The Bertz CT molecular complexity index is 3620. The number of anilines is 3. The van der Waals surface area contributed by atoms with E-state index < -0.39 is 0 Å². The van der Waals surface area contributed by atoms with Crippen molar-refractivity contribution in [2.75, 3.05) is 4.90 Å². The molecule has 0 aliphatic heterocycles. The lowest BCUT2D eigenvalue weighted by Gasteiger charge is -2.27. The van der Waals surface area contributed by atoms with Crippen LogP contribution in [0.4, 0.5) is 17.1 Å². The summed E-state index contributed by atoms with van der Waals surface area (Å²) in [6, 6.07) is 86.8. The minimum Gasteiger partial charge on any atom is -0.310 e. The van der Waals surface area contributed by atoms with Gasteiger partial charge in [-0.15, -0.1) is 11.3 Å². The second-order valence-corrected chi connectivity index (χ2v) is 17.1. The number of hydrogen-bond acceptors (Lipinski definition) is 2. The van der Waals surface area contributed by atoms with E-state index in [-0.39, 0.29) is 0 Å². The molecule has 0 amide bonds. The molecular formula is C60H39NS. The molecule has 11 aromatic carbocycles. The lowest BCUT2D eigenvalue weighted by atomic mass is 9.85. The Labute approximate surface area is 365 Å². The molecule has 0 radical (unpaired) electrons. The summed E-state index contributed by atoms with van der Waals surface area (Å²) in [4.78, 5) is 2.43. The van der Waals surface area contributed by atoms with Crippen LogP contribution in [0.15, 0.2) is 237 Å². The molecule has 1 aromatic heterocycles. The van der Waals surface area contributed by atoms with Crippen molar-refractivity contribution in [3.63, 3.8) is 0 Å². The molecule has 0 bridgehead atoms. The van der Waals surface area contributed by atoms with Crippen LogP contribution in [-0.4, -0.2) is 0 Å². The Balaban J connectivity index is 1.08. The molecule has 0 fully saturated rings. The van der Waals surface area contributed by atoms with Crippen molar-refractivity contribution in [3.05, 3.63) is 237 Å². The van der Waals surface area contributed by atoms with E-state index in [4.69, 9.17) is 0 Å². The molecule has 0 N–H and O–H groups in total. The van der Waals surface area contributed by atoms with Crippen LogP contribution in [0.5, 0.6) is 0 Å². The van der Waals surface area contributed by atoms with E-state index in [1.54, 1.807) is 0 Å². The van der Waals surface area contributed by atoms with Gasteiger partial charge >= 0.3 is 0 Å². The van der Waals surface area contributed by atoms with E-state index in [2.05, 4.69) is 241 Å². The van der Waals surface area contributed by atoms with E-state index in [0.29, 0.717) is 0 Å². The van der Waals surface area contributed by atoms with Gasteiger partial charge in [-0.1, -0.05) is 182 Å². The summed E-state index contributed by atoms with van der Waals surface area (Å²) in [5.41, 5.74) is 13.0. The Hall–Kier alpha value is -7.78. The molecule has 12 rings (SSSR count). The number of nitrogens with zero attached hydrogens (tertiary/aromatic N) is 1. The van der Waals surface area contributed by atoms with Gasteiger partial charge in [0, 0.05) is 37.2 Å². The number of benzene rings is 11. The molecule has 0 spiro atoms. The number of hydrogen-bond donors (Lipinski definition) is 0. The smallest absolute Gasteiger partial charge is 0.0468 e. The summed E-state index contributed by atoms with van der Waals surface area (Å²) in [6.45, 7) is 0. The van der Waals surface area contributed by atoms with E-state index in [9.17, 15) is 0 Å². The zero-order chi connectivity index (χ0) is 41.0. The Kier molecular flexibility index (Phi) is 8.76. The van der Waals surface area contributed by atoms with Crippen LogP contribution in [0.25, 0.3) is 97.0 Å². The molecule has 290 valence electrons. The maximum Gasteiger partial charge on any atom is 0.0468 e. The first-order valence-corrected chi connectivity index (χ1v) is 22.1. The van der Waals surface area contributed by atoms with Crippen LogP contribution in [0, 0.1) is 0 Å². The molecule has 1 nitrogen and oxygen atoms in total. The fourth-order valence-electron chi connectivity index (χ4n) is 9.57. The molecule has 1 heterocycles. The van der Waals surface area contributed by atoms with E-state index in [1.165, 1.54) is 97.0 Å². The van der Waals surface area contributed by atoms with Crippen molar-refractivity contribution in [2.45, 2.75) is 0 Å². The highest BCUT2D eigenvalue weighted by Gasteiger charge is 2.21. The van der Waals surface area contributed by atoms with Crippen LogP contribution in [0.1, 0.15) is 0 Å². The highest BCUT2D eigenvalue weighted by atomic mass is 32.1. The van der Waals surface area contributed by atoms with Crippen molar-refractivity contribution in [3.8, 4) is 44.5 Å². The molecule has 0 aliphatic carbocycles. The first-order chi connectivity index (χ1) is 30.7. The normalized spacial score (nSPS) is 11.5. The quantitative estimate of drug-likeness (QED) is 0.145. The van der Waals surface area contributed by atoms with Gasteiger partial charge in [-0.2, -0.15) is 0 Å². The largest absolute Gasteiger partial charge is 0.310 e. The van der Waals surface area contributed by atoms with Crippen molar-refractivity contribution >= 4 is 80.9 Å². The van der Waals surface area contributed by atoms with Gasteiger partial charge in [0.2, 0.25) is 0 Å². The van der Waals surface area contributed by atoms with Gasteiger partial charge in [0.1, 0.15) is 0 Å². The third-order valence-electron chi connectivity index (χ3n) is 12.4. The van der Waals surface area contributed by atoms with Crippen molar-refractivity contribution < 1.29 is 0 Å². The lowest BCUT2D eigenvalue weighted by Crippen LogP contribution is -2.10. The Morgan fingerprint density at radius 2 is 0.806 bits per heavy atom. The average molecular weight is 806 g/mol. The summed E-state index contributed by atoms with van der Waals surface area (Å²) < 4.78 is 2.64. The Morgan fingerprint density at radius 3 is 1.60 bits per heavy atom. The van der Waals surface area contributed by atoms with E-state index in [0.717, 1.165) is 17.1 Å². The van der Waals surface area contributed by atoms with Crippen LogP contribution in [0.3, 0.4) is 0 Å². The van der Waals surface area contributed by atoms with Gasteiger partial charge in [0.15, 0.2) is 0 Å². The van der Waals surface area contributed by atoms with Crippen molar-refractivity contribution in [1.82, 2.24) is 0 Å². The maximum absolute atomic E-state index is 2.43. The van der Waals surface area contributed by atoms with Crippen LogP contribution in [0.2, 0.25) is 0 Å². The lowest BCUT2D eigenvalue weighted by molar-refractivity contribution is 1.29. The van der Waals surface area contributed by atoms with Crippen LogP contribution in [-0.2, 0) is 0 Å². The zero-order valence-corrected chi connectivity index (χ0v) is 34.7. The summed E-state index contributed by atoms with van der Waals surface area (Å²) >= 11 is 1.86. The third kappa shape index (κ3) is 6.15. The molecule has 62 heavy (non-hydrogen) atoms. The molecule has 2 heteroatoms. The van der Waals surface area contributed by atoms with Crippen molar-refractivity contribution in [1.29, 1.82) is 0 Å². The molecule has 0 unspecified atom stereocenters. The topological polar surface area (TPSA) is 3.24 Å². The predicted molar refractivity (Wildman–Crippen MR) is 268 cm³/mol. The highest BCUT2D eigenvalue weighted by Crippen LogP contribution is 2.47. The molecule has 0 aliphatic rings. The highest BCUT2D eigenvalue weighted by molar-refractivity contribution is 7.25.